The SMILES string of the molecule is COC(=O)C[C@@H]1C(=O)NCCN1C(=O)CSc1nnc(-c2cccs2)n1C[C@H]1CCCO1. The average molecular weight is 480 g/mol. The first-order valence-corrected chi connectivity index (χ1v) is 12.3. The Kier molecular flexibility index (Phi) is 7.43. The molecule has 12 heteroatoms. The summed E-state index contributed by atoms with van der Waals surface area (Å²) in [7, 11) is 1.26. The van der Waals surface area contributed by atoms with E-state index in [0.29, 0.717) is 24.8 Å². The van der Waals surface area contributed by atoms with Crippen molar-refractivity contribution >= 4 is 40.9 Å². The number of esters is 1. The van der Waals surface area contributed by atoms with Crippen LogP contribution in [0.5, 0.6) is 0 Å². The number of methoxy groups -OCH3 is 1. The number of nitrogens with zero attached hydrogens (tertiary/aromatic N) is 4. The van der Waals surface area contributed by atoms with Crippen molar-refractivity contribution in [2.45, 2.75) is 43.1 Å². The molecule has 172 valence electrons. The second-order valence-electron chi connectivity index (χ2n) is 7.49. The van der Waals surface area contributed by atoms with E-state index in [2.05, 4.69) is 20.3 Å². The van der Waals surface area contributed by atoms with Crippen molar-refractivity contribution in [3.05, 3.63) is 17.5 Å². The van der Waals surface area contributed by atoms with Crippen LogP contribution < -0.4 is 5.32 Å². The van der Waals surface area contributed by atoms with Gasteiger partial charge < -0.3 is 19.7 Å². The number of hydrogen-bond donors (Lipinski definition) is 1. The summed E-state index contributed by atoms with van der Waals surface area (Å²) in [6, 6.07) is 3.09. The minimum absolute atomic E-state index is 0.0824. The van der Waals surface area contributed by atoms with Crippen molar-refractivity contribution < 1.29 is 23.9 Å². The molecule has 2 atom stereocenters. The minimum atomic E-state index is -0.865. The maximum Gasteiger partial charge on any atom is 0.308 e. The van der Waals surface area contributed by atoms with Crippen LogP contribution in [0.15, 0.2) is 22.7 Å². The first-order chi connectivity index (χ1) is 15.6. The number of thioether (sulfide) groups is 1. The number of ether oxygens (including phenoxy) is 2. The number of nitrogens with one attached hydrogen (secondary N) is 1. The number of hydrogen-bond acceptors (Lipinski definition) is 9. The Morgan fingerprint density at radius 2 is 2.28 bits per heavy atom. The molecule has 0 aliphatic carbocycles. The lowest BCUT2D eigenvalue weighted by molar-refractivity contribution is -0.149. The molecule has 2 aliphatic rings. The molecule has 0 aromatic carbocycles. The first kappa shape index (κ1) is 22.7. The smallest absolute Gasteiger partial charge is 0.308 e. The fourth-order valence-electron chi connectivity index (χ4n) is 3.81. The molecule has 4 rings (SSSR count). The lowest BCUT2D eigenvalue weighted by Crippen LogP contribution is -2.58. The first-order valence-electron chi connectivity index (χ1n) is 10.4. The highest BCUT2D eigenvalue weighted by Gasteiger charge is 2.35. The van der Waals surface area contributed by atoms with Crippen LogP contribution in [0, 0.1) is 0 Å². The normalized spacial score (nSPS) is 20.9. The van der Waals surface area contributed by atoms with E-state index in [1.165, 1.54) is 23.8 Å². The van der Waals surface area contributed by atoms with E-state index in [4.69, 9.17) is 4.74 Å². The summed E-state index contributed by atoms with van der Waals surface area (Å²) in [6.45, 7) is 2.06. The summed E-state index contributed by atoms with van der Waals surface area (Å²) in [4.78, 5) is 39.4. The van der Waals surface area contributed by atoms with Gasteiger partial charge in [-0.15, -0.1) is 21.5 Å². The molecule has 0 spiro atoms. The number of thiophene rings is 1. The zero-order chi connectivity index (χ0) is 22.5. The van der Waals surface area contributed by atoms with E-state index in [9.17, 15) is 14.4 Å². The van der Waals surface area contributed by atoms with Crippen LogP contribution in [0.2, 0.25) is 0 Å². The van der Waals surface area contributed by atoms with Gasteiger partial charge in [-0.05, 0) is 24.3 Å². The predicted octanol–water partition coefficient (Wildman–Crippen LogP) is 1.17. The summed E-state index contributed by atoms with van der Waals surface area (Å²) < 4.78 is 12.5. The standard InChI is InChI=1S/C20H25N5O5S2/c1-29-17(27)10-14-19(28)21-6-7-24(14)16(26)12-32-20-23-22-18(15-5-3-9-31-15)25(20)11-13-4-2-8-30-13/h3,5,9,13-14H,2,4,6-8,10-12H2,1H3,(H,21,28)/t13-,14-/m1/s1. The molecule has 0 unspecified atom stereocenters. The lowest BCUT2D eigenvalue weighted by atomic mass is 10.1. The van der Waals surface area contributed by atoms with Gasteiger partial charge in [0.2, 0.25) is 11.8 Å². The molecule has 0 saturated carbocycles. The molecule has 2 aromatic heterocycles. The van der Waals surface area contributed by atoms with Gasteiger partial charge in [-0.25, -0.2) is 0 Å². The predicted molar refractivity (Wildman–Crippen MR) is 118 cm³/mol. The summed E-state index contributed by atoms with van der Waals surface area (Å²) in [5.74, 6) is -0.274. The molecule has 2 saturated heterocycles. The van der Waals surface area contributed by atoms with Crippen molar-refractivity contribution in [1.82, 2.24) is 25.0 Å². The highest BCUT2D eigenvalue weighted by molar-refractivity contribution is 7.99. The molecule has 10 nitrogen and oxygen atoms in total. The number of carbonyl (C=O) groups is 3. The molecule has 1 N–H and O–H groups in total. The summed E-state index contributed by atoms with van der Waals surface area (Å²) >= 11 is 2.86. The minimum Gasteiger partial charge on any atom is -0.469 e. The second kappa shape index (κ2) is 10.5. The fourth-order valence-corrected chi connectivity index (χ4v) is 5.36. The highest BCUT2D eigenvalue weighted by Crippen LogP contribution is 2.29. The van der Waals surface area contributed by atoms with E-state index in [1.807, 2.05) is 22.1 Å². The quantitative estimate of drug-likeness (QED) is 0.443. The number of carbonyl (C=O) groups excluding carboxylic acids is 3. The molecule has 32 heavy (non-hydrogen) atoms. The third-order valence-corrected chi connectivity index (χ3v) is 7.25. The Bertz CT molecular complexity index is 958. The molecule has 2 aliphatic heterocycles. The molecule has 0 radical (unpaired) electrons. The van der Waals surface area contributed by atoms with E-state index >= 15 is 0 Å². The Balaban J connectivity index is 1.48. The van der Waals surface area contributed by atoms with Crippen LogP contribution >= 0.6 is 23.1 Å². The Labute approximate surface area is 193 Å². The van der Waals surface area contributed by atoms with E-state index in [-0.39, 0.29) is 30.1 Å². The van der Waals surface area contributed by atoms with Gasteiger partial charge in [-0.3, -0.25) is 19.0 Å². The van der Waals surface area contributed by atoms with Gasteiger partial charge in [-0.2, -0.15) is 0 Å². The molecule has 2 aromatic rings. The largest absolute Gasteiger partial charge is 0.469 e. The van der Waals surface area contributed by atoms with E-state index in [0.717, 1.165) is 30.2 Å². The molecule has 2 amide bonds. The summed E-state index contributed by atoms with van der Waals surface area (Å²) in [5.41, 5.74) is 0. The Morgan fingerprint density at radius 1 is 1.41 bits per heavy atom. The van der Waals surface area contributed by atoms with Crippen molar-refractivity contribution in [2.24, 2.45) is 0 Å². The van der Waals surface area contributed by atoms with Gasteiger partial charge in [0.25, 0.3) is 0 Å². The Morgan fingerprint density at radius 3 is 3.00 bits per heavy atom. The van der Waals surface area contributed by atoms with Crippen LogP contribution in [-0.2, 0) is 30.4 Å². The average Bonchev–Trinajstić information content (AvgIpc) is 3.56. The van der Waals surface area contributed by atoms with Gasteiger partial charge in [0.1, 0.15) is 6.04 Å². The third kappa shape index (κ3) is 5.13. The maximum absolute atomic E-state index is 13.0. The number of piperazine rings is 1. The van der Waals surface area contributed by atoms with E-state index in [1.54, 1.807) is 11.3 Å². The summed E-state index contributed by atoms with van der Waals surface area (Å²) in [6.07, 6.45) is 1.93. The van der Waals surface area contributed by atoms with Crippen molar-refractivity contribution in [1.29, 1.82) is 0 Å². The van der Waals surface area contributed by atoms with Crippen LogP contribution in [0.1, 0.15) is 19.3 Å². The van der Waals surface area contributed by atoms with Crippen LogP contribution in [0.25, 0.3) is 10.7 Å². The van der Waals surface area contributed by atoms with Gasteiger partial charge in [-0.1, -0.05) is 17.8 Å². The number of aromatic nitrogens is 3. The van der Waals surface area contributed by atoms with Gasteiger partial charge in [0.05, 0.1) is 36.8 Å². The third-order valence-electron chi connectivity index (χ3n) is 5.43. The fraction of sp³-hybridized carbons (Fsp3) is 0.550. The maximum atomic E-state index is 13.0. The molecule has 2 fully saturated rings. The molecule has 4 heterocycles. The monoisotopic (exact) mass is 479 g/mol. The number of rotatable bonds is 8. The van der Waals surface area contributed by atoms with Crippen LogP contribution in [0.4, 0.5) is 0 Å². The van der Waals surface area contributed by atoms with Crippen molar-refractivity contribution in [3.8, 4) is 10.7 Å². The van der Waals surface area contributed by atoms with Crippen LogP contribution in [-0.4, -0.2) is 82.2 Å². The number of amides is 2. The second-order valence-corrected chi connectivity index (χ2v) is 9.38. The topological polar surface area (TPSA) is 116 Å². The zero-order valence-corrected chi connectivity index (χ0v) is 19.3. The highest BCUT2D eigenvalue weighted by atomic mass is 32.2. The lowest BCUT2D eigenvalue weighted by Gasteiger charge is -2.34. The zero-order valence-electron chi connectivity index (χ0n) is 17.7. The summed E-state index contributed by atoms with van der Waals surface area (Å²) in [5, 5.41) is 14.0. The van der Waals surface area contributed by atoms with Crippen molar-refractivity contribution in [2.75, 3.05) is 32.6 Å². The Hall–Kier alpha value is -2.44. The van der Waals surface area contributed by atoms with Gasteiger partial charge in [0, 0.05) is 19.7 Å². The molecular formula is C20H25N5O5S2. The van der Waals surface area contributed by atoms with Gasteiger partial charge >= 0.3 is 5.97 Å². The van der Waals surface area contributed by atoms with Crippen LogP contribution in [0.3, 0.4) is 0 Å². The van der Waals surface area contributed by atoms with Crippen molar-refractivity contribution in [3.63, 3.8) is 0 Å². The van der Waals surface area contributed by atoms with Gasteiger partial charge in [0.15, 0.2) is 11.0 Å². The van der Waals surface area contributed by atoms with E-state index < -0.39 is 12.0 Å². The molecule has 0 bridgehead atoms. The molecular weight excluding hydrogens is 454 g/mol.